The van der Waals surface area contributed by atoms with E-state index in [1.807, 2.05) is 24.3 Å². The van der Waals surface area contributed by atoms with Crippen molar-refractivity contribution in [3.8, 4) is 0 Å². The van der Waals surface area contributed by atoms with Crippen LogP contribution in [0.4, 0.5) is 0 Å². The van der Waals surface area contributed by atoms with Gasteiger partial charge in [0.1, 0.15) is 0 Å². The van der Waals surface area contributed by atoms with Crippen molar-refractivity contribution in [3.05, 3.63) is 60.7 Å². The zero-order valence-corrected chi connectivity index (χ0v) is 10.3. The smallest absolute Gasteiger partial charge is 0.00926 e. The van der Waals surface area contributed by atoms with Gasteiger partial charge in [0.05, 0.1) is 0 Å². The fourth-order valence-electron chi connectivity index (χ4n) is 2.83. The molecule has 0 atom stereocenters. The minimum absolute atomic E-state index is 1.19. The lowest BCUT2D eigenvalue weighted by molar-refractivity contribution is 1.66. The summed E-state index contributed by atoms with van der Waals surface area (Å²) in [6.45, 7) is 15.5. The van der Waals surface area contributed by atoms with Gasteiger partial charge in [-0.25, -0.2) is 0 Å². The minimum Gasteiger partial charge on any atom is -0.0984 e. The number of benzene rings is 1. The summed E-state index contributed by atoms with van der Waals surface area (Å²) < 4.78 is 0. The maximum Gasteiger partial charge on any atom is -0.00926 e. The van der Waals surface area contributed by atoms with E-state index in [2.05, 4.69) is 38.4 Å². The Morgan fingerprint density at radius 2 is 0.722 bits per heavy atom. The molecule has 0 fully saturated rings. The van der Waals surface area contributed by atoms with Crippen LogP contribution in [0.1, 0.15) is 22.3 Å². The SMILES string of the molecule is C=Cc1c(C=C)c2cc3c(C=C)c(C=C)c3cc12. The molecule has 0 radical (unpaired) electrons. The summed E-state index contributed by atoms with van der Waals surface area (Å²) >= 11 is 0. The van der Waals surface area contributed by atoms with E-state index in [0.29, 0.717) is 0 Å². The third-order valence-corrected chi connectivity index (χ3v) is 3.72. The van der Waals surface area contributed by atoms with Crippen molar-refractivity contribution in [2.45, 2.75) is 0 Å². The predicted octanol–water partition coefficient (Wildman–Crippen LogP) is 5.44. The molecule has 0 bridgehead atoms. The van der Waals surface area contributed by atoms with Gasteiger partial charge in [-0.2, -0.15) is 0 Å². The maximum absolute atomic E-state index is 3.87. The summed E-state index contributed by atoms with van der Waals surface area (Å²) in [6, 6.07) is 4.44. The van der Waals surface area contributed by atoms with E-state index in [4.69, 9.17) is 0 Å². The first kappa shape index (κ1) is 10.8. The zero-order valence-electron chi connectivity index (χ0n) is 10.3. The lowest BCUT2D eigenvalue weighted by Gasteiger charge is -2.21. The highest BCUT2D eigenvalue weighted by Crippen LogP contribution is 2.42. The average Bonchev–Trinajstić information content (AvgIpc) is 2.35. The quantitative estimate of drug-likeness (QED) is 0.559. The lowest BCUT2D eigenvalue weighted by Crippen LogP contribution is -1.98. The van der Waals surface area contributed by atoms with Gasteiger partial charge in [-0.15, -0.1) is 0 Å². The number of hydrogen-bond donors (Lipinski definition) is 0. The second kappa shape index (κ2) is 3.58. The molecule has 0 nitrogen and oxygen atoms in total. The van der Waals surface area contributed by atoms with Crippen LogP contribution >= 0.6 is 0 Å². The lowest BCUT2D eigenvalue weighted by atomic mass is 9.82. The molecule has 0 unspecified atom stereocenters. The van der Waals surface area contributed by atoms with Gasteiger partial charge in [0.25, 0.3) is 0 Å². The van der Waals surface area contributed by atoms with Crippen LogP contribution < -0.4 is 0 Å². The highest BCUT2D eigenvalue weighted by atomic mass is 14.2. The van der Waals surface area contributed by atoms with Crippen LogP contribution in [0.5, 0.6) is 0 Å². The molecule has 0 saturated heterocycles. The van der Waals surface area contributed by atoms with Crippen LogP contribution in [0.15, 0.2) is 38.4 Å². The Morgan fingerprint density at radius 1 is 0.500 bits per heavy atom. The summed E-state index contributed by atoms with van der Waals surface area (Å²) in [5.74, 6) is 0. The third-order valence-electron chi connectivity index (χ3n) is 3.72. The summed E-state index contributed by atoms with van der Waals surface area (Å²) in [6.07, 6.45) is 7.60. The molecule has 0 spiro atoms. The van der Waals surface area contributed by atoms with E-state index >= 15 is 0 Å². The van der Waals surface area contributed by atoms with Gasteiger partial charge in [0.15, 0.2) is 0 Å². The van der Waals surface area contributed by atoms with Gasteiger partial charge >= 0.3 is 0 Å². The van der Waals surface area contributed by atoms with E-state index in [0.717, 1.165) is 0 Å². The van der Waals surface area contributed by atoms with E-state index in [1.54, 1.807) is 0 Å². The van der Waals surface area contributed by atoms with Gasteiger partial charge in [-0.3, -0.25) is 0 Å². The minimum atomic E-state index is 1.19. The van der Waals surface area contributed by atoms with Crippen molar-refractivity contribution >= 4 is 45.8 Å². The van der Waals surface area contributed by atoms with Crippen LogP contribution in [0, 0.1) is 0 Å². The van der Waals surface area contributed by atoms with Crippen LogP contribution in [0.25, 0.3) is 45.8 Å². The molecule has 3 aromatic rings. The Bertz CT molecular complexity index is 655. The molecule has 0 amide bonds. The van der Waals surface area contributed by atoms with Crippen LogP contribution in [0.3, 0.4) is 0 Å². The number of fused-ring (bicyclic) bond motifs is 2. The molecule has 3 rings (SSSR count). The van der Waals surface area contributed by atoms with Gasteiger partial charge in [0, 0.05) is 0 Å². The molecule has 0 heteroatoms. The molecule has 0 heterocycles. The Hall–Kier alpha value is -2.34. The maximum atomic E-state index is 3.87. The Balaban J connectivity index is 2.39. The fourth-order valence-corrected chi connectivity index (χ4v) is 2.83. The Labute approximate surface area is 107 Å². The Kier molecular flexibility index (Phi) is 2.14. The third kappa shape index (κ3) is 1.05. The second-order valence-electron chi connectivity index (χ2n) is 4.41. The number of rotatable bonds is 4. The van der Waals surface area contributed by atoms with Crippen LogP contribution in [-0.4, -0.2) is 0 Å². The molecular weight excluding hydrogens is 216 g/mol. The van der Waals surface area contributed by atoms with Crippen molar-refractivity contribution in [2.24, 2.45) is 0 Å². The number of hydrogen-bond acceptors (Lipinski definition) is 0. The average molecular weight is 230 g/mol. The Morgan fingerprint density at radius 3 is 0.889 bits per heavy atom. The topological polar surface area (TPSA) is 0 Å². The van der Waals surface area contributed by atoms with Gasteiger partial charge in [-0.05, 0) is 55.9 Å². The predicted molar refractivity (Wildman–Crippen MR) is 84.2 cm³/mol. The van der Waals surface area contributed by atoms with E-state index in [-0.39, 0.29) is 0 Å². The van der Waals surface area contributed by atoms with Gasteiger partial charge < -0.3 is 0 Å². The van der Waals surface area contributed by atoms with Crippen LogP contribution in [-0.2, 0) is 0 Å². The van der Waals surface area contributed by atoms with Crippen molar-refractivity contribution < 1.29 is 0 Å². The summed E-state index contributed by atoms with van der Waals surface area (Å²) in [5.41, 5.74) is 4.77. The summed E-state index contributed by atoms with van der Waals surface area (Å²) in [4.78, 5) is 0. The standard InChI is InChI=1S/C18H14/c1-5-11-12(6-2)16-10-18-14(8-4)13(7-3)17(18)9-15(11)16/h5-10H,1-4H2. The fraction of sp³-hybridized carbons (Fsp3) is 0. The highest BCUT2D eigenvalue weighted by Gasteiger charge is 2.18. The van der Waals surface area contributed by atoms with Crippen LogP contribution in [0.2, 0.25) is 0 Å². The van der Waals surface area contributed by atoms with Gasteiger partial charge in [0.2, 0.25) is 0 Å². The normalized spacial score (nSPS) is 11.1. The second-order valence-corrected chi connectivity index (χ2v) is 4.41. The molecule has 0 aliphatic rings. The van der Waals surface area contributed by atoms with Crippen molar-refractivity contribution in [3.63, 3.8) is 0 Å². The van der Waals surface area contributed by atoms with E-state index < -0.39 is 0 Å². The molecule has 86 valence electrons. The van der Waals surface area contributed by atoms with E-state index in [9.17, 15) is 0 Å². The molecule has 0 saturated carbocycles. The van der Waals surface area contributed by atoms with Crippen molar-refractivity contribution in [1.29, 1.82) is 0 Å². The molecule has 18 heavy (non-hydrogen) atoms. The largest absolute Gasteiger partial charge is 0.0984 e. The highest BCUT2D eigenvalue weighted by molar-refractivity contribution is 6.18. The summed E-state index contributed by atoms with van der Waals surface area (Å²) in [5, 5.41) is 5.06. The molecule has 0 aromatic heterocycles. The van der Waals surface area contributed by atoms with Crippen molar-refractivity contribution in [1.82, 2.24) is 0 Å². The molecule has 0 aliphatic carbocycles. The molecule has 3 aromatic carbocycles. The van der Waals surface area contributed by atoms with Gasteiger partial charge in [-0.1, -0.05) is 50.6 Å². The first-order valence-corrected chi connectivity index (χ1v) is 5.94. The molecular formula is C18H14. The molecule has 0 N–H and O–H groups in total. The van der Waals surface area contributed by atoms with E-state index in [1.165, 1.54) is 43.8 Å². The molecule has 0 aliphatic heterocycles. The first-order chi connectivity index (χ1) is 8.76. The monoisotopic (exact) mass is 230 g/mol. The zero-order chi connectivity index (χ0) is 12.9. The first-order valence-electron chi connectivity index (χ1n) is 5.94. The summed E-state index contributed by atoms with van der Waals surface area (Å²) in [7, 11) is 0. The van der Waals surface area contributed by atoms with Crippen molar-refractivity contribution in [2.75, 3.05) is 0 Å².